The third kappa shape index (κ3) is 39.0. The molecule has 14 heteroatoms. The highest BCUT2D eigenvalue weighted by atomic mass is 31.2. The second-order valence-corrected chi connectivity index (χ2v) is 16.3. The summed E-state index contributed by atoms with van der Waals surface area (Å²) in [6.45, 7) is 2.43. The number of hydrogen-bond acceptors (Lipinski definition) is 11. The molecule has 6 N–H and O–H groups in total. The maximum Gasteiger partial charge on any atom is 0.472 e. The fraction of sp³-hybridized carbons (Fsp3) is 0.674. The molecule has 0 saturated heterocycles. The molecule has 0 aromatic carbocycles. The minimum atomic E-state index is -4.77. The molecular weight excluding hydrogens is 789 g/mol. The first-order valence-electron chi connectivity index (χ1n) is 22.2. The number of rotatable bonds is 40. The summed E-state index contributed by atoms with van der Waals surface area (Å²) in [5, 5.41) is 28.8. The normalized spacial score (nSPS) is 15.4. The van der Waals surface area contributed by atoms with Gasteiger partial charge in [-0.25, -0.2) is 4.57 Å². The largest absolute Gasteiger partial charge is 0.480 e. The number of aliphatic carboxylic acids is 1. The van der Waals surface area contributed by atoms with Crippen LogP contribution in [-0.2, 0) is 37.5 Å². The van der Waals surface area contributed by atoms with Crippen LogP contribution in [0.15, 0.2) is 72.9 Å². The van der Waals surface area contributed by atoms with Crippen LogP contribution in [0.25, 0.3) is 0 Å². The van der Waals surface area contributed by atoms with E-state index in [4.69, 9.17) is 24.8 Å². The first-order chi connectivity index (χ1) is 28.9. The number of ether oxygens (including phenoxy) is 2. The number of carboxylic acids is 1. The molecule has 60 heavy (non-hydrogen) atoms. The molecule has 0 bridgehead atoms. The van der Waals surface area contributed by atoms with E-state index in [1.807, 2.05) is 37.3 Å². The molecule has 0 amide bonds. The summed E-state index contributed by atoms with van der Waals surface area (Å²) >= 11 is 0. The molecule has 0 rings (SSSR count). The lowest BCUT2D eigenvalue weighted by Crippen LogP contribution is -2.34. The third-order valence-electron chi connectivity index (χ3n) is 9.15. The summed E-state index contributed by atoms with van der Waals surface area (Å²) < 4.78 is 32.6. The van der Waals surface area contributed by atoms with Gasteiger partial charge in [-0.1, -0.05) is 177 Å². The standard InChI is InChI=1S/C46H78NO12P/c1-3-5-7-8-9-10-11-12-13-14-15-16-17-21-29-35-44(50)56-37-42(38-57-60(54,55)58-39-43(47)46(52)53)59-45(51)36-30-22-19-18-20-26-32-41(49)34-28-24-23-27-33-40(48)31-25-6-4-2/h6,19-20,22-28,33-34,40-43,48-49H,3-5,7-18,21,29-32,35-39,47H2,1-2H3,(H,52,53)(H,54,55)/b22-19-,24-23-,25-6-,26-20-,33-27+,34-28+/t40-,41+,42+,43-/m0/s1. The molecule has 0 aliphatic rings. The van der Waals surface area contributed by atoms with E-state index in [0.29, 0.717) is 32.1 Å². The van der Waals surface area contributed by atoms with E-state index >= 15 is 0 Å². The van der Waals surface area contributed by atoms with E-state index in [-0.39, 0.29) is 12.8 Å². The van der Waals surface area contributed by atoms with Crippen LogP contribution in [0.3, 0.4) is 0 Å². The highest BCUT2D eigenvalue weighted by Crippen LogP contribution is 2.43. The monoisotopic (exact) mass is 868 g/mol. The summed E-state index contributed by atoms with van der Waals surface area (Å²) in [7, 11) is -4.77. The molecule has 5 atom stereocenters. The number of carboxylic acid groups (broad SMARTS) is 1. The van der Waals surface area contributed by atoms with Gasteiger partial charge in [0.1, 0.15) is 12.6 Å². The lowest BCUT2D eigenvalue weighted by Gasteiger charge is -2.20. The maximum absolute atomic E-state index is 12.6. The van der Waals surface area contributed by atoms with Gasteiger partial charge in [0.2, 0.25) is 0 Å². The minimum absolute atomic E-state index is 0.0222. The Balaban J connectivity index is 4.60. The number of nitrogens with two attached hydrogens (primary N) is 1. The van der Waals surface area contributed by atoms with Crippen molar-refractivity contribution in [3.63, 3.8) is 0 Å². The van der Waals surface area contributed by atoms with Crippen molar-refractivity contribution in [2.45, 2.75) is 179 Å². The van der Waals surface area contributed by atoms with Crippen LogP contribution in [0, 0.1) is 0 Å². The van der Waals surface area contributed by atoms with Crippen molar-refractivity contribution in [3.05, 3.63) is 72.9 Å². The number of aliphatic hydroxyl groups excluding tert-OH is 2. The number of phosphoric acid groups is 1. The van der Waals surface area contributed by atoms with Gasteiger partial charge in [-0.2, -0.15) is 0 Å². The molecule has 0 fully saturated rings. The summed E-state index contributed by atoms with van der Waals surface area (Å²) in [4.78, 5) is 46.0. The fourth-order valence-electron chi connectivity index (χ4n) is 5.62. The van der Waals surface area contributed by atoms with Crippen LogP contribution >= 0.6 is 7.82 Å². The Kier molecular flexibility index (Phi) is 37.8. The Morgan fingerprint density at radius 2 is 1.12 bits per heavy atom. The van der Waals surface area contributed by atoms with Crippen LogP contribution in [0.1, 0.15) is 155 Å². The van der Waals surface area contributed by atoms with Gasteiger partial charge in [0, 0.05) is 12.8 Å². The molecule has 0 heterocycles. The predicted molar refractivity (Wildman–Crippen MR) is 238 cm³/mol. The molecule has 0 aromatic rings. The second kappa shape index (κ2) is 39.9. The number of hydrogen-bond donors (Lipinski definition) is 5. The summed E-state index contributed by atoms with van der Waals surface area (Å²) in [5.41, 5.74) is 5.32. The molecule has 0 radical (unpaired) electrons. The first kappa shape index (κ1) is 56.8. The second-order valence-electron chi connectivity index (χ2n) is 14.9. The van der Waals surface area contributed by atoms with Crippen LogP contribution in [0.5, 0.6) is 0 Å². The zero-order valence-corrected chi connectivity index (χ0v) is 37.4. The van der Waals surface area contributed by atoms with E-state index in [9.17, 15) is 34.1 Å². The predicted octanol–water partition coefficient (Wildman–Crippen LogP) is 9.67. The topological polar surface area (TPSA) is 212 Å². The van der Waals surface area contributed by atoms with Crippen molar-refractivity contribution >= 4 is 25.7 Å². The summed E-state index contributed by atoms with van der Waals surface area (Å²) in [6, 6.07) is -1.55. The average molecular weight is 868 g/mol. The first-order valence-corrected chi connectivity index (χ1v) is 23.7. The Morgan fingerprint density at radius 3 is 1.65 bits per heavy atom. The van der Waals surface area contributed by atoms with Gasteiger partial charge in [0.25, 0.3) is 0 Å². The molecule has 0 spiro atoms. The van der Waals surface area contributed by atoms with E-state index in [2.05, 4.69) is 11.4 Å². The van der Waals surface area contributed by atoms with Crippen molar-refractivity contribution in [3.8, 4) is 0 Å². The van der Waals surface area contributed by atoms with Crippen molar-refractivity contribution in [1.29, 1.82) is 0 Å². The zero-order valence-electron chi connectivity index (χ0n) is 36.5. The number of carbonyl (C=O) groups excluding carboxylic acids is 2. The number of phosphoric ester groups is 1. The Labute approximate surface area is 360 Å². The van der Waals surface area contributed by atoms with Crippen LogP contribution in [0.4, 0.5) is 0 Å². The number of aliphatic hydroxyl groups is 2. The van der Waals surface area contributed by atoms with Gasteiger partial charge < -0.3 is 35.4 Å². The summed E-state index contributed by atoms with van der Waals surface area (Å²) in [5.74, 6) is -2.57. The molecule has 0 saturated carbocycles. The highest BCUT2D eigenvalue weighted by molar-refractivity contribution is 7.47. The lowest BCUT2D eigenvalue weighted by atomic mass is 10.0. The van der Waals surface area contributed by atoms with Gasteiger partial charge in [-0.3, -0.25) is 23.4 Å². The van der Waals surface area contributed by atoms with E-state index < -0.39 is 69.9 Å². The number of esters is 2. The molecule has 0 aliphatic heterocycles. The Morgan fingerprint density at radius 1 is 0.617 bits per heavy atom. The maximum atomic E-state index is 12.6. The number of carbonyl (C=O) groups is 3. The molecule has 0 aliphatic carbocycles. The van der Waals surface area contributed by atoms with Gasteiger partial charge >= 0.3 is 25.7 Å². The molecule has 0 aromatic heterocycles. The van der Waals surface area contributed by atoms with Crippen molar-refractivity contribution in [2.75, 3.05) is 19.8 Å². The summed E-state index contributed by atoms with van der Waals surface area (Å²) in [6.07, 6.45) is 40.4. The lowest BCUT2D eigenvalue weighted by molar-refractivity contribution is -0.161. The average Bonchev–Trinajstić information content (AvgIpc) is 3.21. The van der Waals surface area contributed by atoms with Crippen LogP contribution in [0.2, 0.25) is 0 Å². The van der Waals surface area contributed by atoms with E-state index in [1.165, 1.54) is 70.6 Å². The quantitative estimate of drug-likeness (QED) is 0.0128. The van der Waals surface area contributed by atoms with Crippen molar-refractivity contribution in [1.82, 2.24) is 0 Å². The molecule has 13 nitrogen and oxygen atoms in total. The van der Waals surface area contributed by atoms with Gasteiger partial charge in [0.15, 0.2) is 6.10 Å². The number of unbranched alkanes of at least 4 members (excludes halogenated alkanes) is 14. The van der Waals surface area contributed by atoms with E-state index in [1.54, 1.807) is 42.5 Å². The van der Waals surface area contributed by atoms with Crippen molar-refractivity contribution < 1.29 is 57.7 Å². The Hall–Kier alpha value is -3.16. The van der Waals surface area contributed by atoms with Gasteiger partial charge in [0.05, 0.1) is 25.4 Å². The third-order valence-corrected chi connectivity index (χ3v) is 10.1. The SMILES string of the molecule is CC/C=C\C[C@H](O)/C=C/C=C\C=C\[C@H](O)C/C=C\C/C=C\CCC(=O)O[C@H](COC(=O)CCCCCCCCCCCCCCCCC)COP(=O)(O)OC[C@H](N)C(=O)O. The fourth-order valence-corrected chi connectivity index (χ4v) is 6.40. The molecule has 1 unspecified atom stereocenters. The number of allylic oxidation sites excluding steroid dienone is 8. The van der Waals surface area contributed by atoms with Crippen LogP contribution in [-0.4, -0.2) is 82.3 Å². The zero-order chi connectivity index (χ0) is 44.5. The highest BCUT2D eigenvalue weighted by Gasteiger charge is 2.28. The molecular formula is C46H78NO12P. The van der Waals surface area contributed by atoms with Gasteiger partial charge in [-0.05, 0) is 38.5 Å². The van der Waals surface area contributed by atoms with Crippen LogP contribution < -0.4 is 5.73 Å². The Bertz CT molecular complexity index is 1330. The smallest absolute Gasteiger partial charge is 0.472 e. The van der Waals surface area contributed by atoms with Gasteiger partial charge in [-0.15, -0.1) is 0 Å². The van der Waals surface area contributed by atoms with E-state index in [0.717, 1.165) is 25.7 Å². The minimum Gasteiger partial charge on any atom is -0.480 e. The molecule has 344 valence electrons. The van der Waals surface area contributed by atoms with Crippen molar-refractivity contribution in [2.24, 2.45) is 5.73 Å².